The number of rotatable bonds is 2. The lowest BCUT2D eigenvalue weighted by Crippen LogP contribution is -2.37. The molecule has 2 nitrogen and oxygen atoms in total. The molecule has 0 amide bonds. The summed E-state index contributed by atoms with van der Waals surface area (Å²) in [5.41, 5.74) is 2.37. The van der Waals surface area contributed by atoms with E-state index in [-0.39, 0.29) is 11.6 Å². The van der Waals surface area contributed by atoms with E-state index >= 15 is 0 Å². The molecule has 1 aromatic rings. The Hall–Kier alpha value is -1.19. The van der Waals surface area contributed by atoms with Gasteiger partial charge >= 0.3 is 0 Å². The highest BCUT2D eigenvalue weighted by atomic mass is 19.1. The summed E-state index contributed by atoms with van der Waals surface area (Å²) in [6.45, 7) is 1.52. The van der Waals surface area contributed by atoms with Crippen molar-refractivity contribution in [2.75, 3.05) is 13.2 Å². The minimum atomic E-state index is -0.242. The molecule has 0 radical (unpaired) electrons. The van der Waals surface area contributed by atoms with Crippen molar-refractivity contribution in [2.45, 2.75) is 50.7 Å². The number of hydrogen-bond acceptors (Lipinski definition) is 2. The van der Waals surface area contributed by atoms with Crippen LogP contribution in [0.25, 0.3) is 5.57 Å². The summed E-state index contributed by atoms with van der Waals surface area (Å²) in [5.74, 6) is 1.18. The van der Waals surface area contributed by atoms with Gasteiger partial charge in [-0.2, -0.15) is 0 Å². The van der Waals surface area contributed by atoms with Crippen LogP contribution in [0.3, 0.4) is 0 Å². The van der Waals surface area contributed by atoms with Crippen molar-refractivity contribution >= 4 is 5.57 Å². The molecule has 3 aliphatic rings. The molecule has 1 spiro atoms. The van der Waals surface area contributed by atoms with Crippen LogP contribution < -0.4 is 0 Å². The van der Waals surface area contributed by atoms with E-state index in [4.69, 9.17) is 9.47 Å². The van der Waals surface area contributed by atoms with Crippen molar-refractivity contribution in [1.82, 2.24) is 0 Å². The lowest BCUT2D eigenvalue weighted by molar-refractivity contribution is -0.184. The van der Waals surface area contributed by atoms with Gasteiger partial charge in [0, 0.05) is 12.8 Å². The second kappa shape index (κ2) is 6.37. The van der Waals surface area contributed by atoms with Gasteiger partial charge in [-0.15, -0.1) is 0 Å². The SMILES string of the molecule is Fc1cccc(C2=CCC(C3CCC4(CC3)OCCO4)CC2)c1. The van der Waals surface area contributed by atoms with E-state index < -0.39 is 0 Å². The maximum Gasteiger partial charge on any atom is 0.168 e. The van der Waals surface area contributed by atoms with Gasteiger partial charge in [0.15, 0.2) is 5.79 Å². The first-order valence-corrected chi connectivity index (χ1v) is 8.97. The first-order chi connectivity index (χ1) is 11.2. The molecule has 0 aromatic heterocycles. The number of allylic oxidation sites excluding steroid dienone is 2. The average Bonchev–Trinajstić information content (AvgIpc) is 3.04. The van der Waals surface area contributed by atoms with E-state index in [0.717, 1.165) is 56.3 Å². The standard InChI is InChI=1S/C20H25FO2/c21-19-3-1-2-18(14-19)16-6-4-15(5-7-16)17-8-10-20(11-9-17)22-12-13-23-20/h1-3,6,14-15,17H,4-5,7-13H2. The van der Waals surface area contributed by atoms with Crippen molar-refractivity contribution in [2.24, 2.45) is 11.8 Å². The van der Waals surface area contributed by atoms with Gasteiger partial charge in [0.2, 0.25) is 0 Å². The third-order valence-corrected chi connectivity index (χ3v) is 5.92. The quantitative estimate of drug-likeness (QED) is 0.769. The minimum Gasteiger partial charge on any atom is -0.348 e. The maximum absolute atomic E-state index is 13.4. The molecule has 1 aliphatic heterocycles. The molecule has 4 rings (SSSR count). The van der Waals surface area contributed by atoms with E-state index in [1.165, 1.54) is 30.9 Å². The first-order valence-electron chi connectivity index (χ1n) is 8.97. The van der Waals surface area contributed by atoms with Crippen LogP contribution in [0.1, 0.15) is 50.5 Å². The zero-order valence-corrected chi connectivity index (χ0v) is 13.6. The Morgan fingerprint density at radius 1 is 1.00 bits per heavy atom. The predicted octanol–water partition coefficient (Wildman–Crippen LogP) is 4.94. The third kappa shape index (κ3) is 3.22. The summed E-state index contributed by atoms with van der Waals surface area (Å²) in [6, 6.07) is 7.00. The molecule has 3 heteroatoms. The zero-order chi connectivity index (χ0) is 15.7. The number of ether oxygens (including phenoxy) is 2. The maximum atomic E-state index is 13.4. The lowest BCUT2D eigenvalue weighted by Gasteiger charge is -2.39. The van der Waals surface area contributed by atoms with Gasteiger partial charge in [-0.3, -0.25) is 0 Å². The molecule has 124 valence electrons. The van der Waals surface area contributed by atoms with Crippen molar-refractivity contribution in [3.63, 3.8) is 0 Å². The van der Waals surface area contributed by atoms with Crippen molar-refractivity contribution in [3.05, 3.63) is 41.7 Å². The van der Waals surface area contributed by atoms with Crippen LogP contribution >= 0.6 is 0 Å². The Kier molecular flexibility index (Phi) is 4.25. The molecule has 1 atom stereocenters. The molecule has 1 heterocycles. The number of halogens is 1. The number of benzene rings is 1. The highest BCUT2D eigenvalue weighted by molar-refractivity contribution is 5.66. The smallest absolute Gasteiger partial charge is 0.168 e. The molecule has 1 saturated heterocycles. The monoisotopic (exact) mass is 316 g/mol. The molecule has 2 aliphatic carbocycles. The Morgan fingerprint density at radius 2 is 1.78 bits per heavy atom. The molecule has 0 bridgehead atoms. The van der Waals surface area contributed by atoms with Crippen LogP contribution in [0.2, 0.25) is 0 Å². The van der Waals surface area contributed by atoms with E-state index in [2.05, 4.69) is 6.08 Å². The molecule has 0 N–H and O–H groups in total. The summed E-state index contributed by atoms with van der Waals surface area (Å²) < 4.78 is 25.1. The highest BCUT2D eigenvalue weighted by Gasteiger charge is 2.41. The Morgan fingerprint density at radius 3 is 2.43 bits per heavy atom. The predicted molar refractivity (Wildman–Crippen MR) is 88.3 cm³/mol. The summed E-state index contributed by atoms with van der Waals surface area (Å²) in [6.07, 6.45) is 10.3. The topological polar surface area (TPSA) is 18.5 Å². The summed E-state index contributed by atoms with van der Waals surface area (Å²) >= 11 is 0. The fraction of sp³-hybridized carbons (Fsp3) is 0.600. The van der Waals surface area contributed by atoms with E-state index in [9.17, 15) is 4.39 Å². The summed E-state index contributed by atoms with van der Waals surface area (Å²) in [5, 5.41) is 0. The zero-order valence-electron chi connectivity index (χ0n) is 13.6. The van der Waals surface area contributed by atoms with Crippen molar-refractivity contribution in [3.8, 4) is 0 Å². The minimum absolute atomic E-state index is 0.139. The van der Waals surface area contributed by atoms with Crippen molar-refractivity contribution < 1.29 is 13.9 Å². The third-order valence-electron chi connectivity index (χ3n) is 5.92. The van der Waals surface area contributed by atoms with E-state index in [1.54, 1.807) is 12.1 Å². The van der Waals surface area contributed by atoms with Gasteiger partial charge in [0.25, 0.3) is 0 Å². The van der Waals surface area contributed by atoms with Crippen LogP contribution in [0.5, 0.6) is 0 Å². The fourth-order valence-corrected chi connectivity index (χ4v) is 4.57. The fourth-order valence-electron chi connectivity index (χ4n) is 4.57. The van der Waals surface area contributed by atoms with Gasteiger partial charge in [-0.05, 0) is 67.2 Å². The van der Waals surface area contributed by atoms with Crippen LogP contribution in [0.4, 0.5) is 4.39 Å². The second-order valence-electron chi connectivity index (χ2n) is 7.22. The molecule has 1 aromatic carbocycles. The van der Waals surface area contributed by atoms with Gasteiger partial charge in [0.1, 0.15) is 5.82 Å². The average molecular weight is 316 g/mol. The first kappa shape index (κ1) is 15.3. The van der Waals surface area contributed by atoms with Crippen molar-refractivity contribution in [1.29, 1.82) is 0 Å². The molecular weight excluding hydrogens is 291 g/mol. The molecular formula is C20H25FO2. The van der Waals surface area contributed by atoms with E-state index in [1.807, 2.05) is 6.07 Å². The largest absolute Gasteiger partial charge is 0.348 e. The lowest BCUT2D eigenvalue weighted by atomic mass is 9.72. The highest BCUT2D eigenvalue weighted by Crippen LogP contribution is 2.44. The van der Waals surface area contributed by atoms with Crippen LogP contribution in [-0.4, -0.2) is 19.0 Å². The van der Waals surface area contributed by atoms with Gasteiger partial charge in [-0.25, -0.2) is 4.39 Å². The Balaban J connectivity index is 1.36. The summed E-state index contributed by atoms with van der Waals surface area (Å²) in [7, 11) is 0. The molecule has 2 fully saturated rings. The molecule has 1 saturated carbocycles. The Bertz CT molecular complexity index is 579. The van der Waals surface area contributed by atoms with Crippen LogP contribution in [0, 0.1) is 17.7 Å². The van der Waals surface area contributed by atoms with Gasteiger partial charge < -0.3 is 9.47 Å². The van der Waals surface area contributed by atoms with E-state index in [0.29, 0.717) is 0 Å². The Labute approximate surface area is 137 Å². The molecule has 1 unspecified atom stereocenters. The number of hydrogen-bond donors (Lipinski definition) is 0. The molecule has 23 heavy (non-hydrogen) atoms. The summed E-state index contributed by atoms with van der Waals surface area (Å²) in [4.78, 5) is 0. The van der Waals surface area contributed by atoms with Gasteiger partial charge in [0.05, 0.1) is 13.2 Å². The van der Waals surface area contributed by atoms with Crippen LogP contribution in [0.15, 0.2) is 30.3 Å². The normalized spacial score (nSPS) is 28.0. The van der Waals surface area contributed by atoms with Gasteiger partial charge in [-0.1, -0.05) is 18.2 Å². The van der Waals surface area contributed by atoms with Crippen LogP contribution in [-0.2, 0) is 9.47 Å². The second-order valence-corrected chi connectivity index (χ2v) is 7.22.